The first-order valence-corrected chi connectivity index (χ1v) is 8.83. The van der Waals surface area contributed by atoms with Crippen molar-refractivity contribution in [1.82, 2.24) is 0 Å². The average molecular weight is 316 g/mol. The monoisotopic (exact) mass is 316 g/mol. The molecule has 0 amide bonds. The first kappa shape index (κ1) is 16.6. The first-order valence-electron chi connectivity index (χ1n) is 8.83. The van der Waals surface area contributed by atoms with Crippen LogP contribution in [-0.4, -0.2) is 22.8 Å². The van der Waals surface area contributed by atoms with Gasteiger partial charge in [-0.3, -0.25) is 9.59 Å². The van der Waals surface area contributed by atoms with E-state index in [-0.39, 0.29) is 34.2 Å². The third kappa shape index (κ3) is 2.27. The van der Waals surface area contributed by atoms with Crippen molar-refractivity contribution in [2.24, 2.45) is 22.7 Å². The summed E-state index contributed by atoms with van der Waals surface area (Å²) < 4.78 is 0. The van der Waals surface area contributed by atoms with Crippen LogP contribution in [0.2, 0.25) is 0 Å². The molecule has 3 nitrogen and oxygen atoms in total. The van der Waals surface area contributed by atoms with Crippen molar-refractivity contribution in [2.75, 3.05) is 0 Å². The SMILES string of the molecule is CC(C)C1=CC2=C(C(=O)C1=O)[C@@]1(C)CCCC(C)(C)[C@@H]1C[C@@H]2O. The van der Waals surface area contributed by atoms with E-state index in [0.717, 1.165) is 24.8 Å². The van der Waals surface area contributed by atoms with Crippen LogP contribution in [0.4, 0.5) is 0 Å². The summed E-state index contributed by atoms with van der Waals surface area (Å²) in [5, 5.41) is 10.7. The van der Waals surface area contributed by atoms with E-state index in [9.17, 15) is 14.7 Å². The topological polar surface area (TPSA) is 54.4 Å². The summed E-state index contributed by atoms with van der Waals surface area (Å²) in [4.78, 5) is 25.5. The molecule has 0 radical (unpaired) electrons. The van der Waals surface area contributed by atoms with Gasteiger partial charge in [0.1, 0.15) is 0 Å². The molecule has 0 aliphatic heterocycles. The highest BCUT2D eigenvalue weighted by Crippen LogP contribution is 2.60. The van der Waals surface area contributed by atoms with E-state index in [1.54, 1.807) is 0 Å². The van der Waals surface area contributed by atoms with Crippen molar-refractivity contribution in [3.63, 3.8) is 0 Å². The van der Waals surface area contributed by atoms with Gasteiger partial charge in [-0.2, -0.15) is 0 Å². The smallest absolute Gasteiger partial charge is 0.230 e. The van der Waals surface area contributed by atoms with E-state index in [4.69, 9.17) is 0 Å². The number of hydrogen-bond acceptors (Lipinski definition) is 3. The highest BCUT2D eigenvalue weighted by Gasteiger charge is 2.55. The minimum Gasteiger partial charge on any atom is -0.388 e. The molecule has 23 heavy (non-hydrogen) atoms. The second-order valence-electron chi connectivity index (χ2n) is 8.81. The Bertz CT molecular complexity index is 635. The summed E-state index contributed by atoms with van der Waals surface area (Å²) in [6, 6.07) is 0. The van der Waals surface area contributed by atoms with Crippen molar-refractivity contribution in [3.8, 4) is 0 Å². The molecule has 3 atom stereocenters. The minimum absolute atomic E-state index is 0.000950. The van der Waals surface area contributed by atoms with E-state index in [0.29, 0.717) is 17.6 Å². The molecule has 1 N–H and O–H groups in total. The van der Waals surface area contributed by atoms with E-state index >= 15 is 0 Å². The second-order valence-corrected chi connectivity index (χ2v) is 8.81. The number of aliphatic hydroxyl groups excluding tert-OH is 1. The minimum atomic E-state index is -0.633. The second kappa shape index (κ2) is 5.14. The van der Waals surface area contributed by atoms with E-state index < -0.39 is 6.10 Å². The molecule has 3 rings (SSSR count). The summed E-state index contributed by atoms with van der Waals surface area (Å²) in [6.07, 6.45) is 4.97. The van der Waals surface area contributed by atoms with Gasteiger partial charge < -0.3 is 5.11 Å². The normalized spacial score (nSPS) is 36.7. The molecule has 0 aromatic carbocycles. The highest BCUT2D eigenvalue weighted by atomic mass is 16.3. The number of Topliss-reactive ketones (excluding diaryl/α,β-unsaturated/α-hetero) is 2. The molecule has 1 fully saturated rings. The molecule has 0 aromatic heterocycles. The number of fused-ring (bicyclic) bond motifs is 2. The lowest BCUT2D eigenvalue weighted by molar-refractivity contribution is -0.135. The van der Waals surface area contributed by atoms with E-state index in [1.165, 1.54) is 0 Å². The largest absolute Gasteiger partial charge is 0.388 e. The fourth-order valence-electron chi connectivity index (χ4n) is 5.31. The number of carbonyl (C=O) groups is 2. The van der Waals surface area contributed by atoms with E-state index in [2.05, 4.69) is 20.8 Å². The zero-order valence-electron chi connectivity index (χ0n) is 14.9. The number of aliphatic hydroxyl groups is 1. The Labute approximate surface area is 138 Å². The lowest BCUT2D eigenvalue weighted by Gasteiger charge is -2.55. The standard InChI is InChI=1S/C20H28O3/c1-11(2)12-9-13-14(21)10-15-19(3,4)7-6-8-20(15,5)16(13)18(23)17(12)22/h9,11,14-15,21H,6-8,10H2,1-5H3/t14-,15-,20-/m0/s1. The van der Waals surface area contributed by atoms with Crippen molar-refractivity contribution >= 4 is 11.6 Å². The van der Waals surface area contributed by atoms with Gasteiger partial charge in [-0.15, -0.1) is 0 Å². The van der Waals surface area contributed by atoms with Crippen LogP contribution in [0.1, 0.15) is 60.3 Å². The molecule has 1 saturated carbocycles. The first-order chi connectivity index (χ1) is 10.6. The molecular formula is C20H28O3. The van der Waals surface area contributed by atoms with Gasteiger partial charge >= 0.3 is 0 Å². The Hall–Kier alpha value is -1.22. The summed E-state index contributed by atoms with van der Waals surface area (Å²) in [7, 11) is 0. The van der Waals surface area contributed by atoms with Gasteiger partial charge in [-0.1, -0.05) is 41.0 Å². The van der Waals surface area contributed by atoms with Gasteiger partial charge in [0.25, 0.3) is 0 Å². The third-order valence-corrected chi connectivity index (χ3v) is 6.54. The van der Waals surface area contributed by atoms with Gasteiger partial charge in [0, 0.05) is 16.6 Å². The summed E-state index contributed by atoms with van der Waals surface area (Å²) in [5.74, 6) is -0.490. The third-order valence-electron chi connectivity index (χ3n) is 6.54. The summed E-state index contributed by atoms with van der Waals surface area (Å²) in [5.41, 5.74) is 1.67. The fourth-order valence-corrected chi connectivity index (χ4v) is 5.31. The number of carbonyl (C=O) groups excluding carboxylic acids is 2. The molecule has 0 aromatic rings. The number of allylic oxidation sites excluding steroid dienone is 2. The Balaban J connectivity index is 2.20. The van der Waals surface area contributed by atoms with Crippen LogP contribution in [0.15, 0.2) is 22.8 Å². The molecule has 0 bridgehead atoms. The van der Waals surface area contributed by atoms with Gasteiger partial charge in [0.05, 0.1) is 6.10 Å². The Morgan fingerprint density at radius 1 is 1.13 bits per heavy atom. The molecule has 0 unspecified atom stereocenters. The number of rotatable bonds is 1. The van der Waals surface area contributed by atoms with Crippen LogP contribution >= 0.6 is 0 Å². The Morgan fingerprint density at radius 3 is 2.39 bits per heavy atom. The maximum Gasteiger partial charge on any atom is 0.230 e. The lowest BCUT2D eigenvalue weighted by Crippen LogP contribution is -2.52. The molecule has 0 heterocycles. The fraction of sp³-hybridized carbons (Fsp3) is 0.700. The van der Waals surface area contributed by atoms with Crippen LogP contribution in [-0.2, 0) is 9.59 Å². The molecular weight excluding hydrogens is 288 g/mol. The highest BCUT2D eigenvalue weighted by molar-refractivity contribution is 6.50. The molecule has 3 heteroatoms. The van der Waals surface area contributed by atoms with Crippen LogP contribution < -0.4 is 0 Å². The molecule has 126 valence electrons. The number of hydrogen-bond donors (Lipinski definition) is 1. The van der Waals surface area contributed by atoms with Crippen molar-refractivity contribution in [2.45, 2.75) is 66.4 Å². The van der Waals surface area contributed by atoms with Crippen molar-refractivity contribution in [3.05, 3.63) is 22.8 Å². The predicted octanol–water partition coefficient (Wildman–Crippen LogP) is 3.61. The zero-order chi connectivity index (χ0) is 17.2. The lowest BCUT2D eigenvalue weighted by atomic mass is 9.48. The maximum atomic E-state index is 12.9. The molecule has 0 saturated heterocycles. The van der Waals surface area contributed by atoms with Crippen LogP contribution in [0, 0.1) is 22.7 Å². The average Bonchev–Trinajstić information content (AvgIpc) is 2.43. The van der Waals surface area contributed by atoms with Gasteiger partial charge in [-0.25, -0.2) is 0 Å². The molecule has 3 aliphatic rings. The van der Waals surface area contributed by atoms with Crippen LogP contribution in [0.3, 0.4) is 0 Å². The Kier molecular flexibility index (Phi) is 3.72. The van der Waals surface area contributed by atoms with Gasteiger partial charge in [0.2, 0.25) is 11.6 Å². The van der Waals surface area contributed by atoms with Gasteiger partial charge in [0.15, 0.2) is 0 Å². The van der Waals surface area contributed by atoms with Crippen LogP contribution in [0.5, 0.6) is 0 Å². The van der Waals surface area contributed by atoms with Gasteiger partial charge in [-0.05, 0) is 48.2 Å². The maximum absolute atomic E-state index is 12.9. The quantitative estimate of drug-likeness (QED) is 0.594. The summed E-state index contributed by atoms with van der Waals surface area (Å²) >= 11 is 0. The van der Waals surface area contributed by atoms with Crippen LogP contribution in [0.25, 0.3) is 0 Å². The summed E-state index contributed by atoms with van der Waals surface area (Å²) in [6.45, 7) is 10.5. The predicted molar refractivity (Wildman–Crippen MR) is 89.8 cm³/mol. The van der Waals surface area contributed by atoms with Crippen molar-refractivity contribution < 1.29 is 14.7 Å². The zero-order valence-corrected chi connectivity index (χ0v) is 14.9. The molecule has 0 spiro atoms. The molecule has 3 aliphatic carbocycles. The van der Waals surface area contributed by atoms with Crippen molar-refractivity contribution in [1.29, 1.82) is 0 Å². The number of ketones is 2. The Morgan fingerprint density at radius 2 is 1.78 bits per heavy atom. The van der Waals surface area contributed by atoms with E-state index in [1.807, 2.05) is 19.9 Å².